The van der Waals surface area contributed by atoms with Crippen LogP contribution in [0, 0.1) is 0 Å². The number of hydrogen-bond acceptors (Lipinski definition) is 4. The van der Waals surface area contributed by atoms with Crippen LogP contribution < -0.4 is 10.9 Å². The summed E-state index contributed by atoms with van der Waals surface area (Å²) in [5, 5.41) is 2.55. The van der Waals surface area contributed by atoms with E-state index in [1.54, 1.807) is 30.3 Å². The van der Waals surface area contributed by atoms with Gasteiger partial charge in [-0.05, 0) is 11.6 Å². The molecule has 9 heteroatoms. The van der Waals surface area contributed by atoms with Gasteiger partial charge in [-0.1, -0.05) is 30.3 Å². The maximum absolute atomic E-state index is 12.8. The molecule has 1 amide bonds. The van der Waals surface area contributed by atoms with E-state index in [1.807, 2.05) is 0 Å². The highest BCUT2D eigenvalue weighted by molar-refractivity contribution is 5.78. The maximum Gasteiger partial charge on any atom is 0.417 e. The number of methoxy groups -OCH3 is 1. The number of hydrogen-bond donors (Lipinski definition) is 1. The molecule has 0 aliphatic rings. The van der Waals surface area contributed by atoms with Crippen LogP contribution in [0.5, 0.6) is 0 Å². The van der Waals surface area contributed by atoms with Crippen molar-refractivity contribution in [2.75, 3.05) is 7.11 Å². The third kappa shape index (κ3) is 5.70. The van der Waals surface area contributed by atoms with Crippen LogP contribution in [-0.2, 0) is 27.0 Å². The van der Waals surface area contributed by atoms with E-state index in [1.165, 1.54) is 7.11 Å². The van der Waals surface area contributed by atoms with Gasteiger partial charge in [-0.3, -0.25) is 14.4 Å². The van der Waals surface area contributed by atoms with Gasteiger partial charge in [-0.25, -0.2) is 0 Å². The number of carbonyl (C=O) groups is 2. The summed E-state index contributed by atoms with van der Waals surface area (Å²) in [6.07, 6.45) is -4.22. The molecule has 1 N–H and O–H groups in total. The molecule has 0 radical (unpaired) electrons. The molecule has 6 nitrogen and oxygen atoms in total. The Bertz CT molecular complexity index is 863. The van der Waals surface area contributed by atoms with Crippen molar-refractivity contribution in [3.63, 3.8) is 0 Å². The molecule has 0 saturated heterocycles. The Morgan fingerprint density at radius 1 is 1.15 bits per heavy atom. The van der Waals surface area contributed by atoms with Crippen LogP contribution in [-0.4, -0.2) is 23.6 Å². The summed E-state index contributed by atoms with van der Waals surface area (Å²) in [4.78, 5) is 35.6. The molecule has 27 heavy (non-hydrogen) atoms. The zero-order valence-corrected chi connectivity index (χ0v) is 14.3. The van der Waals surface area contributed by atoms with Crippen LogP contribution in [0.25, 0.3) is 0 Å². The molecule has 0 fully saturated rings. The van der Waals surface area contributed by atoms with E-state index in [0.717, 1.165) is 6.07 Å². The molecule has 1 atom stereocenters. The first-order valence-corrected chi connectivity index (χ1v) is 7.89. The van der Waals surface area contributed by atoms with E-state index in [-0.39, 0.29) is 6.42 Å². The smallest absolute Gasteiger partial charge is 0.417 e. The molecule has 2 aromatic rings. The van der Waals surface area contributed by atoms with Gasteiger partial charge in [0.2, 0.25) is 5.91 Å². The Morgan fingerprint density at radius 2 is 1.81 bits per heavy atom. The molecule has 0 saturated carbocycles. The van der Waals surface area contributed by atoms with Gasteiger partial charge in [-0.15, -0.1) is 0 Å². The molecular weight excluding hydrogens is 365 g/mol. The number of pyridine rings is 1. The van der Waals surface area contributed by atoms with Crippen LogP contribution in [0.2, 0.25) is 0 Å². The van der Waals surface area contributed by atoms with Gasteiger partial charge in [-0.2, -0.15) is 13.2 Å². The Morgan fingerprint density at radius 3 is 2.41 bits per heavy atom. The van der Waals surface area contributed by atoms with Gasteiger partial charge in [0.15, 0.2) is 0 Å². The van der Waals surface area contributed by atoms with Crippen LogP contribution in [0.4, 0.5) is 13.2 Å². The molecule has 1 aromatic carbocycles. The fraction of sp³-hybridized carbons (Fsp3) is 0.278. The van der Waals surface area contributed by atoms with E-state index < -0.39 is 41.8 Å². The van der Waals surface area contributed by atoms with Crippen molar-refractivity contribution in [1.29, 1.82) is 0 Å². The molecule has 0 aliphatic heterocycles. The minimum absolute atomic E-state index is 0.163. The molecular formula is C18H17F3N2O4. The Balaban J connectivity index is 2.19. The van der Waals surface area contributed by atoms with Gasteiger partial charge >= 0.3 is 12.1 Å². The van der Waals surface area contributed by atoms with Crippen molar-refractivity contribution < 1.29 is 27.5 Å². The number of rotatable bonds is 6. The van der Waals surface area contributed by atoms with E-state index in [2.05, 4.69) is 10.1 Å². The SMILES string of the molecule is COC(=O)CC(NC(=O)Cn1cc(C(F)(F)F)ccc1=O)c1ccccc1. The molecule has 1 aromatic heterocycles. The van der Waals surface area contributed by atoms with Crippen LogP contribution in [0.3, 0.4) is 0 Å². The van der Waals surface area contributed by atoms with E-state index in [9.17, 15) is 27.6 Å². The van der Waals surface area contributed by atoms with Crippen molar-refractivity contribution >= 4 is 11.9 Å². The summed E-state index contributed by atoms with van der Waals surface area (Å²) < 4.78 is 43.6. The number of nitrogens with one attached hydrogen (secondary N) is 1. The molecule has 0 aliphatic carbocycles. The quantitative estimate of drug-likeness (QED) is 0.778. The number of nitrogens with zero attached hydrogens (tertiary/aromatic N) is 1. The van der Waals surface area contributed by atoms with Gasteiger partial charge in [0.25, 0.3) is 5.56 Å². The standard InChI is InChI=1S/C18H17F3N2O4/c1-27-17(26)9-14(12-5-3-2-4-6-12)22-15(24)11-23-10-13(18(19,20)21)7-8-16(23)25/h2-8,10,14H,9,11H2,1H3,(H,22,24). The number of amides is 1. The zero-order chi connectivity index (χ0) is 20.0. The van der Waals surface area contributed by atoms with Crippen LogP contribution >= 0.6 is 0 Å². The first-order chi connectivity index (χ1) is 12.7. The van der Waals surface area contributed by atoms with Gasteiger partial charge in [0.1, 0.15) is 6.54 Å². The van der Waals surface area contributed by atoms with Crippen molar-refractivity contribution in [1.82, 2.24) is 9.88 Å². The van der Waals surface area contributed by atoms with Gasteiger partial charge < -0.3 is 14.6 Å². The number of esters is 1. The fourth-order valence-electron chi connectivity index (χ4n) is 2.40. The van der Waals surface area contributed by atoms with Crippen molar-refractivity contribution in [3.8, 4) is 0 Å². The topological polar surface area (TPSA) is 77.4 Å². The third-order valence-corrected chi connectivity index (χ3v) is 3.76. The lowest BCUT2D eigenvalue weighted by atomic mass is 10.0. The summed E-state index contributed by atoms with van der Waals surface area (Å²) in [5.74, 6) is -1.28. The predicted molar refractivity (Wildman–Crippen MR) is 89.7 cm³/mol. The number of carbonyl (C=O) groups excluding carboxylic acids is 2. The number of benzene rings is 1. The molecule has 0 bridgehead atoms. The number of halogens is 3. The average Bonchev–Trinajstić information content (AvgIpc) is 2.62. The lowest BCUT2D eigenvalue weighted by molar-refractivity contribution is -0.141. The highest BCUT2D eigenvalue weighted by Gasteiger charge is 2.31. The lowest BCUT2D eigenvalue weighted by Gasteiger charge is -2.19. The summed E-state index contributed by atoms with van der Waals surface area (Å²) in [6, 6.07) is 9.21. The molecule has 2 rings (SSSR count). The minimum atomic E-state index is -4.64. The lowest BCUT2D eigenvalue weighted by Crippen LogP contribution is -2.35. The zero-order valence-electron chi connectivity index (χ0n) is 14.3. The maximum atomic E-state index is 12.8. The Labute approximate surface area is 152 Å². The largest absolute Gasteiger partial charge is 0.469 e. The first kappa shape index (κ1) is 20.2. The van der Waals surface area contributed by atoms with Crippen molar-refractivity contribution in [2.24, 2.45) is 0 Å². The van der Waals surface area contributed by atoms with Crippen molar-refractivity contribution in [3.05, 3.63) is 70.1 Å². The monoisotopic (exact) mass is 382 g/mol. The number of ether oxygens (including phenoxy) is 1. The molecule has 1 unspecified atom stereocenters. The predicted octanol–water partition coefficient (Wildman–Crippen LogP) is 2.29. The van der Waals surface area contributed by atoms with Crippen molar-refractivity contribution in [2.45, 2.75) is 25.2 Å². The summed E-state index contributed by atoms with van der Waals surface area (Å²) in [6.45, 7) is -0.618. The summed E-state index contributed by atoms with van der Waals surface area (Å²) in [7, 11) is 1.20. The second-order valence-corrected chi connectivity index (χ2v) is 5.69. The summed E-state index contributed by atoms with van der Waals surface area (Å²) in [5.41, 5.74) is -1.17. The highest BCUT2D eigenvalue weighted by atomic mass is 19.4. The second kappa shape index (κ2) is 8.52. The molecule has 0 spiro atoms. The van der Waals surface area contributed by atoms with E-state index >= 15 is 0 Å². The minimum Gasteiger partial charge on any atom is -0.469 e. The van der Waals surface area contributed by atoms with Crippen LogP contribution in [0.1, 0.15) is 23.6 Å². The fourth-order valence-corrected chi connectivity index (χ4v) is 2.40. The van der Waals surface area contributed by atoms with Crippen LogP contribution in [0.15, 0.2) is 53.5 Å². The Kier molecular flexibility index (Phi) is 6.38. The highest BCUT2D eigenvalue weighted by Crippen LogP contribution is 2.28. The number of aromatic nitrogens is 1. The van der Waals surface area contributed by atoms with Gasteiger partial charge in [0.05, 0.1) is 25.1 Å². The Hall–Kier alpha value is -3.10. The molecule has 144 valence electrons. The second-order valence-electron chi connectivity index (χ2n) is 5.69. The summed E-state index contributed by atoms with van der Waals surface area (Å²) >= 11 is 0. The average molecular weight is 382 g/mol. The van der Waals surface area contributed by atoms with Gasteiger partial charge in [0, 0.05) is 12.3 Å². The first-order valence-electron chi connectivity index (χ1n) is 7.89. The molecule has 1 heterocycles. The van der Waals surface area contributed by atoms with E-state index in [4.69, 9.17) is 0 Å². The number of alkyl halides is 3. The normalized spacial score (nSPS) is 12.3. The third-order valence-electron chi connectivity index (χ3n) is 3.76. The van der Waals surface area contributed by atoms with E-state index in [0.29, 0.717) is 22.4 Å².